The maximum absolute atomic E-state index is 11.5. The largest absolute Gasteiger partial charge is 0.358 e. The van der Waals surface area contributed by atoms with Gasteiger partial charge >= 0.3 is 7.60 Å². The molecule has 75 valence electrons. The molecule has 0 amide bonds. The first kappa shape index (κ1) is 14.9. The van der Waals surface area contributed by atoms with Gasteiger partial charge in [-0.3, -0.25) is 4.57 Å². The van der Waals surface area contributed by atoms with E-state index in [2.05, 4.69) is 5.92 Å². The molecule has 1 unspecified atom stereocenters. The fraction of sp³-hybridized carbons (Fsp3) is 0.200. The van der Waals surface area contributed by atoms with Gasteiger partial charge in [-0.1, -0.05) is 5.92 Å². The first-order chi connectivity index (χ1) is 6.60. The average Bonchev–Trinajstić information content (AvgIpc) is 2.18. The van der Waals surface area contributed by atoms with Crippen molar-refractivity contribution in [3.63, 3.8) is 0 Å². The van der Waals surface area contributed by atoms with Crippen LogP contribution in [0.15, 0.2) is 24.3 Å². The van der Waals surface area contributed by atoms with E-state index in [1.54, 1.807) is 19.1 Å². The van der Waals surface area contributed by atoms with Gasteiger partial charge < -0.3 is 9.42 Å². The van der Waals surface area contributed by atoms with Crippen LogP contribution < -0.4 is 5.30 Å². The molecule has 5 heteroatoms. The zero-order valence-electron chi connectivity index (χ0n) is 8.80. The van der Waals surface area contributed by atoms with Gasteiger partial charge in [0.05, 0.1) is 11.9 Å². The van der Waals surface area contributed by atoms with Crippen LogP contribution in [0.3, 0.4) is 0 Å². The van der Waals surface area contributed by atoms with Crippen LogP contribution in [0.25, 0.3) is 0 Å². The molecule has 0 spiro atoms. The van der Waals surface area contributed by atoms with Crippen LogP contribution in [-0.2, 0) is 9.09 Å². The Labute approximate surface area is 112 Å². The van der Waals surface area contributed by atoms with Crippen molar-refractivity contribution in [2.24, 2.45) is 0 Å². The van der Waals surface area contributed by atoms with Crippen molar-refractivity contribution in [3.8, 4) is 12.3 Å². The Morgan fingerprint density at radius 3 is 2.40 bits per heavy atom. The van der Waals surface area contributed by atoms with Crippen molar-refractivity contribution in [3.05, 3.63) is 29.8 Å². The Kier molecular flexibility index (Phi) is 6.47. The van der Waals surface area contributed by atoms with E-state index < -0.39 is 7.60 Å². The number of benzene rings is 1. The second-order valence-corrected chi connectivity index (χ2v) is 4.44. The van der Waals surface area contributed by atoms with Crippen LogP contribution in [0.4, 0.5) is 0 Å². The average molecular weight is 233 g/mol. The van der Waals surface area contributed by atoms with Gasteiger partial charge in [0, 0.05) is 35.1 Å². The summed E-state index contributed by atoms with van der Waals surface area (Å²) in [6.45, 7) is 1.86. The van der Waals surface area contributed by atoms with Crippen LogP contribution in [0.5, 0.6) is 0 Å². The van der Waals surface area contributed by atoms with E-state index in [-0.39, 0.29) is 41.5 Å². The fourth-order valence-electron chi connectivity index (χ4n) is 0.996. The predicted molar refractivity (Wildman–Crippen MR) is 61.2 cm³/mol. The fourth-order valence-corrected chi connectivity index (χ4v) is 2.02. The molecule has 1 aromatic rings. The number of hydrogen-bond acceptors (Lipinski definition) is 2. The topological polar surface area (TPSA) is 46.5 Å². The number of hydrogen-bond donors (Lipinski definition) is 1. The van der Waals surface area contributed by atoms with E-state index in [4.69, 9.17) is 10.9 Å². The molecule has 1 rings (SSSR count). The second-order valence-electron chi connectivity index (χ2n) is 2.63. The molecule has 0 saturated heterocycles. The SMILES string of the molecule is C#Cc1ccc(P(=O)(O)OCC)cc1.[Na]. The summed E-state index contributed by atoms with van der Waals surface area (Å²) in [5, 5.41) is 0.262. The monoisotopic (exact) mass is 233 g/mol. The standard InChI is InChI=1S/C10H11O3P.Na/c1-3-9-5-7-10(8-6-9)14(11,12)13-4-2;/h1,5-8H,4H2,2H3,(H,11,12);. The van der Waals surface area contributed by atoms with Gasteiger partial charge in [0.15, 0.2) is 0 Å². The summed E-state index contributed by atoms with van der Waals surface area (Å²) in [5.41, 5.74) is 0.672. The molecular weight excluding hydrogens is 222 g/mol. The summed E-state index contributed by atoms with van der Waals surface area (Å²) >= 11 is 0. The van der Waals surface area contributed by atoms with Gasteiger partial charge in [-0.25, -0.2) is 0 Å². The minimum Gasteiger partial charge on any atom is -0.321 e. The van der Waals surface area contributed by atoms with Crippen molar-refractivity contribution in [2.75, 3.05) is 6.61 Å². The smallest absolute Gasteiger partial charge is 0.321 e. The van der Waals surface area contributed by atoms with E-state index in [9.17, 15) is 9.46 Å². The molecule has 1 radical (unpaired) electrons. The van der Waals surface area contributed by atoms with Crippen molar-refractivity contribution in [1.29, 1.82) is 0 Å². The summed E-state index contributed by atoms with van der Waals surface area (Å²) in [6, 6.07) is 6.23. The zero-order chi connectivity index (χ0) is 10.6. The molecule has 3 nitrogen and oxygen atoms in total. The molecule has 0 aliphatic rings. The van der Waals surface area contributed by atoms with Gasteiger partial charge in [0.25, 0.3) is 0 Å². The normalized spacial score (nSPS) is 13.4. The first-order valence-corrected chi connectivity index (χ1v) is 5.72. The Morgan fingerprint density at radius 1 is 1.47 bits per heavy atom. The maximum Gasteiger partial charge on any atom is 0.358 e. The summed E-state index contributed by atoms with van der Waals surface area (Å²) in [6.07, 6.45) is 5.15. The molecule has 0 saturated carbocycles. The van der Waals surface area contributed by atoms with Crippen LogP contribution in [0, 0.1) is 12.3 Å². The Balaban J connectivity index is 0.00000196. The Hall–Kier alpha value is -0.0700. The van der Waals surface area contributed by atoms with E-state index in [0.29, 0.717) is 5.56 Å². The van der Waals surface area contributed by atoms with Gasteiger partial charge in [0.2, 0.25) is 0 Å². The molecule has 1 N–H and O–H groups in total. The predicted octanol–water partition coefficient (Wildman–Crippen LogP) is 1.13. The molecule has 0 heterocycles. The second kappa shape index (κ2) is 6.50. The quantitative estimate of drug-likeness (QED) is 0.483. The third-order valence-electron chi connectivity index (χ3n) is 1.66. The van der Waals surface area contributed by atoms with Gasteiger partial charge in [-0.2, -0.15) is 0 Å². The van der Waals surface area contributed by atoms with E-state index in [1.165, 1.54) is 12.1 Å². The summed E-state index contributed by atoms with van der Waals surface area (Å²) in [7, 11) is -3.64. The summed E-state index contributed by atoms with van der Waals surface area (Å²) < 4.78 is 16.2. The number of rotatable bonds is 3. The number of terminal acetylenes is 1. The van der Waals surface area contributed by atoms with Crippen LogP contribution in [0.1, 0.15) is 12.5 Å². The van der Waals surface area contributed by atoms with Crippen molar-refractivity contribution in [1.82, 2.24) is 0 Å². The minimum atomic E-state index is -3.64. The molecular formula is C10H11NaO3P. The molecule has 0 fully saturated rings. The van der Waals surface area contributed by atoms with Crippen LogP contribution in [0.2, 0.25) is 0 Å². The zero-order valence-corrected chi connectivity index (χ0v) is 11.7. The molecule has 0 aromatic heterocycles. The van der Waals surface area contributed by atoms with E-state index in [0.717, 1.165) is 0 Å². The Morgan fingerprint density at radius 2 is 2.00 bits per heavy atom. The van der Waals surface area contributed by atoms with E-state index in [1.807, 2.05) is 0 Å². The third kappa shape index (κ3) is 4.12. The molecule has 15 heavy (non-hydrogen) atoms. The summed E-state index contributed by atoms with van der Waals surface area (Å²) in [4.78, 5) is 9.43. The molecule has 0 bridgehead atoms. The van der Waals surface area contributed by atoms with Crippen molar-refractivity contribution in [2.45, 2.75) is 6.92 Å². The van der Waals surface area contributed by atoms with Crippen LogP contribution in [-0.4, -0.2) is 41.1 Å². The minimum absolute atomic E-state index is 0. The van der Waals surface area contributed by atoms with Crippen molar-refractivity contribution >= 4 is 42.5 Å². The molecule has 1 atom stereocenters. The molecule has 1 aromatic carbocycles. The first-order valence-electron chi connectivity index (χ1n) is 4.14. The van der Waals surface area contributed by atoms with Gasteiger partial charge in [0.1, 0.15) is 0 Å². The van der Waals surface area contributed by atoms with Gasteiger partial charge in [-0.05, 0) is 31.2 Å². The summed E-state index contributed by atoms with van der Waals surface area (Å²) in [5.74, 6) is 2.43. The van der Waals surface area contributed by atoms with Gasteiger partial charge in [-0.15, -0.1) is 6.42 Å². The maximum atomic E-state index is 11.5. The molecule has 0 aliphatic carbocycles. The molecule has 0 aliphatic heterocycles. The van der Waals surface area contributed by atoms with Crippen LogP contribution >= 0.6 is 7.60 Å². The third-order valence-corrected chi connectivity index (χ3v) is 3.22. The van der Waals surface area contributed by atoms with Crippen molar-refractivity contribution < 1.29 is 14.0 Å². The Bertz CT molecular complexity index is 394. The van der Waals surface area contributed by atoms with E-state index >= 15 is 0 Å².